The molecule has 0 fully saturated rings. The van der Waals surface area contributed by atoms with Gasteiger partial charge >= 0.3 is 0 Å². The average molecular weight is 167 g/mol. The van der Waals surface area contributed by atoms with Gasteiger partial charge in [0.25, 0.3) is 0 Å². The van der Waals surface area contributed by atoms with Crippen molar-refractivity contribution < 1.29 is 0 Å². The van der Waals surface area contributed by atoms with E-state index in [2.05, 4.69) is 0 Å². The Bertz CT molecular complexity index is 173. The van der Waals surface area contributed by atoms with Gasteiger partial charge in [-0.05, 0) is 18.6 Å². The highest BCUT2D eigenvalue weighted by atomic mass is 35.5. The summed E-state index contributed by atoms with van der Waals surface area (Å²) in [4.78, 5) is 0. The molecule has 0 radical (unpaired) electrons. The number of hydrogen-bond donors (Lipinski definition) is 0. The Morgan fingerprint density at radius 1 is 1.50 bits per heavy atom. The van der Waals surface area contributed by atoms with Crippen molar-refractivity contribution in [3.63, 3.8) is 0 Å². The van der Waals surface area contributed by atoms with Crippen LogP contribution >= 0.6 is 34.5 Å². The van der Waals surface area contributed by atoms with Crippen LogP contribution in [-0.4, -0.2) is 0 Å². The van der Waals surface area contributed by atoms with E-state index in [4.69, 9.17) is 23.2 Å². The fourth-order valence-corrected chi connectivity index (χ4v) is 1.87. The zero-order valence-corrected chi connectivity index (χ0v) is 6.57. The minimum atomic E-state index is 0.757. The molecule has 0 nitrogen and oxygen atoms in total. The van der Waals surface area contributed by atoms with E-state index < -0.39 is 0 Å². The highest BCUT2D eigenvalue weighted by Crippen LogP contribution is 2.29. The molecule has 0 aromatic carbocycles. The van der Waals surface area contributed by atoms with Gasteiger partial charge in [0.2, 0.25) is 0 Å². The third kappa shape index (κ3) is 1.16. The lowest BCUT2D eigenvalue weighted by atomic mass is 10.4. The summed E-state index contributed by atoms with van der Waals surface area (Å²) in [5, 5.41) is 0. The minimum absolute atomic E-state index is 0.757. The molecule has 0 spiro atoms. The summed E-state index contributed by atoms with van der Waals surface area (Å²) in [7, 11) is 0. The Hall–Kier alpha value is 0.280. The lowest BCUT2D eigenvalue weighted by Crippen LogP contribution is -1.55. The lowest BCUT2D eigenvalue weighted by molar-refractivity contribution is 1.56. The molecule has 0 unspecified atom stereocenters. The Balaban J connectivity index is 3.14. The van der Waals surface area contributed by atoms with E-state index in [9.17, 15) is 0 Å². The van der Waals surface area contributed by atoms with Gasteiger partial charge in [0.1, 0.15) is 0 Å². The van der Waals surface area contributed by atoms with Gasteiger partial charge in [-0.2, -0.15) is 0 Å². The van der Waals surface area contributed by atoms with Gasteiger partial charge in [0.15, 0.2) is 0 Å². The van der Waals surface area contributed by atoms with Gasteiger partial charge in [-0.25, -0.2) is 0 Å². The molecule has 3 heteroatoms. The molecule has 0 aliphatic heterocycles. The van der Waals surface area contributed by atoms with Crippen LogP contribution in [0.25, 0.3) is 0 Å². The first-order valence-electron chi connectivity index (χ1n) is 2.11. The average Bonchev–Trinajstić information content (AvgIpc) is 1.85. The van der Waals surface area contributed by atoms with E-state index in [-0.39, 0.29) is 0 Å². The molecule has 0 amide bonds. The van der Waals surface area contributed by atoms with Gasteiger partial charge < -0.3 is 0 Å². The molecule has 1 heterocycles. The van der Waals surface area contributed by atoms with Crippen LogP contribution in [0.3, 0.4) is 0 Å². The maximum Gasteiger partial charge on any atom is 0.0973 e. The summed E-state index contributed by atoms with van der Waals surface area (Å²) in [5.74, 6) is 0. The Labute approximate surface area is 62.0 Å². The molecular formula is C5H4Cl2S. The molecule has 1 aromatic heterocycles. The van der Waals surface area contributed by atoms with E-state index in [0.29, 0.717) is 0 Å². The van der Waals surface area contributed by atoms with Crippen molar-refractivity contribution >= 4 is 34.5 Å². The fourth-order valence-electron chi connectivity index (χ4n) is 0.423. The van der Waals surface area contributed by atoms with Gasteiger partial charge in [-0.1, -0.05) is 23.2 Å². The van der Waals surface area contributed by atoms with E-state index in [1.807, 2.05) is 13.0 Å². The van der Waals surface area contributed by atoms with Crippen LogP contribution in [-0.2, 0) is 0 Å². The summed E-state index contributed by atoms with van der Waals surface area (Å²) < 4.78 is 1.54. The van der Waals surface area contributed by atoms with Crippen molar-refractivity contribution in [1.29, 1.82) is 0 Å². The van der Waals surface area contributed by atoms with Crippen molar-refractivity contribution in [2.45, 2.75) is 6.92 Å². The standard InChI is InChI=1S/C5H4Cl2S/c1-3-2-4(6)8-5(3)7/h2H,1H3. The summed E-state index contributed by atoms with van der Waals surface area (Å²) in [5.41, 5.74) is 1.06. The molecular weight excluding hydrogens is 163 g/mol. The van der Waals surface area contributed by atoms with Crippen LogP contribution in [0.15, 0.2) is 6.07 Å². The highest BCUT2D eigenvalue weighted by Gasteiger charge is 1.97. The molecule has 0 N–H and O–H groups in total. The maximum atomic E-state index is 5.66. The lowest BCUT2D eigenvalue weighted by Gasteiger charge is -1.76. The van der Waals surface area contributed by atoms with Crippen LogP contribution in [0.5, 0.6) is 0 Å². The van der Waals surface area contributed by atoms with Crippen LogP contribution in [0.4, 0.5) is 0 Å². The Kier molecular flexibility index (Phi) is 1.81. The van der Waals surface area contributed by atoms with Crippen LogP contribution in [0.2, 0.25) is 8.67 Å². The summed E-state index contributed by atoms with van der Waals surface area (Å²) >= 11 is 12.7. The van der Waals surface area contributed by atoms with Gasteiger partial charge in [0, 0.05) is 0 Å². The highest BCUT2D eigenvalue weighted by molar-refractivity contribution is 7.20. The second-order valence-corrected chi connectivity index (χ2v) is 3.79. The minimum Gasteiger partial charge on any atom is -0.111 e. The topological polar surface area (TPSA) is 0 Å². The van der Waals surface area contributed by atoms with E-state index >= 15 is 0 Å². The number of halogens is 2. The number of rotatable bonds is 0. The normalized spacial score (nSPS) is 9.88. The third-order valence-corrected chi connectivity index (χ3v) is 2.51. The van der Waals surface area contributed by atoms with Crippen LogP contribution in [0.1, 0.15) is 5.56 Å². The first kappa shape index (κ1) is 6.40. The van der Waals surface area contributed by atoms with E-state index in [0.717, 1.165) is 14.2 Å². The molecule has 0 saturated carbocycles. The van der Waals surface area contributed by atoms with Crippen LogP contribution in [0, 0.1) is 6.92 Å². The monoisotopic (exact) mass is 166 g/mol. The summed E-state index contributed by atoms with van der Waals surface area (Å²) in [6.45, 7) is 1.94. The SMILES string of the molecule is Cc1cc(Cl)sc1Cl. The third-order valence-electron chi connectivity index (χ3n) is 0.827. The molecule has 44 valence electrons. The van der Waals surface area contributed by atoms with Crippen LogP contribution < -0.4 is 0 Å². The maximum absolute atomic E-state index is 5.66. The summed E-state index contributed by atoms with van der Waals surface area (Å²) in [6, 6.07) is 1.86. The Morgan fingerprint density at radius 2 is 2.12 bits per heavy atom. The predicted molar refractivity (Wildman–Crippen MR) is 39.1 cm³/mol. The van der Waals surface area contributed by atoms with Gasteiger partial charge in [-0.3, -0.25) is 0 Å². The molecule has 1 aromatic rings. The molecule has 0 atom stereocenters. The molecule has 8 heavy (non-hydrogen) atoms. The van der Waals surface area contributed by atoms with Crippen molar-refractivity contribution in [2.24, 2.45) is 0 Å². The van der Waals surface area contributed by atoms with Gasteiger partial charge in [-0.15, -0.1) is 11.3 Å². The summed E-state index contributed by atoms with van der Waals surface area (Å²) in [6.07, 6.45) is 0. The Morgan fingerprint density at radius 3 is 2.25 bits per heavy atom. The van der Waals surface area contributed by atoms with Crippen molar-refractivity contribution in [1.82, 2.24) is 0 Å². The van der Waals surface area contributed by atoms with Crippen molar-refractivity contribution in [3.8, 4) is 0 Å². The smallest absolute Gasteiger partial charge is 0.0973 e. The zero-order chi connectivity index (χ0) is 6.15. The number of hydrogen-bond acceptors (Lipinski definition) is 1. The largest absolute Gasteiger partial charge is 0.111 e. The first-order valence-corrected chi connectivity index (χ1v) is 3.69. The molecule has 1 rings (SSSR count). The van der Waals surface area contributed by atoms with E-state index in [1.165, 1.54) is 11.3 Å². The number of aryl methyl sites for hydroxylation is 1. The van der Waals surface area contributed by atoms with Crippen molar-refractivity contribution in [2.75, 3.05) is 0 Å². The molecule has 0 aliphatic rings. The van der Waals surface area contributed by atoms with Gasteiger partial charge in [0.05, 0.1) is 8.67 Å². The number of thiophene rings is 1. The zero-order valence-electron chi connectivity index (χ0n) is 4.24. The van der Waals surface area contributed by atoms with Crippen molar-refractivity contribution in [3.05, 3.63) is 20.3 Å². The molecule has 0 saturated heterocycles. The molecule has 0 bridgehead atoms. The quantitative estimate of drug-likeness (QED) is 0.555. The van der Waals surface area contributed by atoms with E-state index in [1.54, 1.807) is 0 Å². The predicted octanol–water partition coefficient (Wildman–Crippen LogP) is 3.36. The fraction of sp³-hybridized carbons (Fsp3) is 0.200. The first-order chi connectivity index (χ1) is 3.70. The molecule has 0 aliphatic carbocycles. The second kappa shape index (κ2) is 2.26. The second-order valence-electron chi connectivity index (χ2n) is 1.51.